The normalized spacial score (nSPS) is 15.2. The first-order valence-electron chi connectivity index (χ1n) is 9.00. The third-order valence-electron chi connectivity index (χ3n) is 4.49. The minimum atomic E-state index is -0.254. The Morgan fingerprint density at radius 2 is 1.83 bits per heavy atom. The van der Waals surface area contributed by atoms with Crippen LogP contribution in [0.25, 0.3) is 0 Å². The van der Waals surface area contributed by atoms with Crippen molar-refractivity contribution in [1.29, 1.82) is 0 Å². The summed E-state index contributed by atoms with van der Waals surface area (Å²) in [5.74, 6) is 0.633. The molecule has 1 N–H and O–H groups in total. The van der Waals surface area contributed by atoms with E-state index >= 15 is 0 Å². The van der Waals surface area contributed by atoms with E-state index in [2.05, 4.69) is 19.2 Å². The van der Waals surface area contributed by atoms with Crippen molar-refractivity contribution < 1.29 is 9.59 Å². The van der Waals surface area contributed by atoms with Crippen LogP contribution < -0.4 is 5.32 Å². The molecule has 1 aliphatic carbocycles. The number of carbonyl (C=O) groups is 2. The maximum absolute atomic E-state index is 12.8. The summed E-state index contributed by atoms with van der Waals surface area (Å²) in [5.41, 5.74) is 2.16. The van der Waals surface area contributed by atoms with Crippen LogP contribution in [-0.4, -0.2) is 29.3 Å². The van der Waals surface area contributed by atoms with E-state index in [0.29, 0.717) is 18.4 Å². The van der Waals surface area contributed by atoms with Crippen LogP contribution in [0.5, 0.6) is 0 Å². The molecule has 4 nitrogen and oxygen atoms in total. The number of amides is 2. The summed E-state index contributed by atoms with van der Waals surface area (Å²) in [6.07, 6.45) is 3.58. The molecule has 1 aliphatic rings. The molecule has 1 aromatic carbocycles. The summed E-state index contributed by atoms with van der Waals surface area (Å²) in [6.45, 7) is 8.72. The molecule has 0 radical (unpaired) electrons. The van der Waals surface area contributed by atoms with Gasteiger partial charge in [-0.2, -0.15) is 0 Å². The highest BCUT2D eigenvalue weighted by Gasteiger charge is 2.33. The number of carbonyl (C=O) groups excluding carboxylic acids is 2. The summed E-state index contributed by atoms with van der Waals surface area (Å²) >= 11 is 0. The Labute approximate surface area is 145 Å². The minimum Gasteiger partial charge on any atom is -0.349 e. The van der Waals surface area contributed by atoms with Gasteiger partial charge in [0.1, 0.15) is 0 Å². The molecule has 1 atom stereocenters. The van der Waals surface area contributed by atoms with Crippen LogP contribution >= 0.6 is 0 Å². The lowest BCUT2D eigenvalue weighted by molar-refractivity contribution is -0.132. The van der Waals surface area contributed by atoms with E-state index < -0.39 is 0 Å². The SMILES string of the molecule is CC(=O)NC(CC(=O)N(CCC(C)C)C1CC1)c1ccc(C)cc1. The topological polar surface area (TPSA) is 49.4 Å². The van der Waals surface area contributed by atoms with Crippen LogP contribution in [0.15, 0.2) is 24.3 Å². The number of nitrogens with one attached hydrogen (secondary N) is 1. The molecule has 0 heterocycles. The zero-order valence-corrected chi connectivity index (χ0v) is 15.3. The van der Waals surface area contributed by atoms with Crippen molar-refractivity contribution in [3.8, 4) is 0 Å². The molecule has 24 heavy (non-hydrogen) atoms. The molecule has 0 bridgehead atoms. The zero-order chi connectivity index (χ0) is 17.7. The molecule has 4 heteroatoms. The Morgan fingerprint density at radius 3 is 2.33 bits per heavy atom. The van der Waals surface area contributed by atoms with E-state index in [1.165, 1.54) is 12.5 Å². The lowest BCUT2D eigenvalue weighted by Gasteiger charge is -2.26. The van der Waals surface area contributed by atoms with Crippen molar-refractivity contribution in [1.82, 2.24) is 10.2 Å². The fourth-order valence-corrected chi connectivity index (χ4v) is 2.88. The van der Waals surface area contributed by atoms with Gasteiger partial charge in [-0.15, -0.1) is 0 Å². The van der Waals surface area contributed by atoms with E-state index in [1.54, 1.807) is 0 Å². The predicted octanol–water partition coefficient (Wildman–Crippen LogP) is 3.60. The van der Waals surface area contributed by atoms with Crippen molar-refractivity contribution in [3.63, 3.8) is 0 Å². The van der Waals surface area contributed by atoms with E-state index in [4.69, 9.17) is 0 Å². The zero-order valence-electron chi connectivity index (χ0n) is 15.3. The van der Waals surface area contributed by atoms with E-state index in [9.17, 15) is 9.59 Å². The van der Waals surface area contributed by atoms with Gasteiger partial charge in [-0.3, -0.25) is 9.59 Å². The van der Waals surface area contributed by atoms with Gasteiger partial charge in [0.2, 0.25) is 11.8 Å². The molecule has 0 spiro atoms. The monoisotopic (exact) mass is 330 g/mol. The largest absolute Gasteiger partial charge is 0.349 e. The molecule has 0 aliphatic heterocycles. The van der Waals surface area contributed by atoms with Gasteiger partial charge in [-0.05, 0) is 37.7 Å². The first-order valence-corrected chi connectivity index (χ1v) is 9.00. The molecule has 0 saturated heterocycles. The average Bonchev–Trinajstić information content (AvgIpc) is 3.31. The molecular weight excluding hydrogens is 300 g/mol. The summed E-state index contributed by atoms with van der Waals surface area (Å²) < 4.78 is 0. The molecule has 2 rings (SSSR count). The summed E-state index contributed by atoms with van der Waals surface area (Å²) in [6, 6.07) is 8.19. The second kappa shape index (κ2) is 8.32. The fraction of sp³-hybridized carbons (Fsp3) is 0.600. The number of benzene rings is 1. The molecular formula is C20H30N2O2. The van der Waals surface area contributed by atoms with Gasteiger partial charge in [0.05, 0.1) is 12.5 Å². The van der Waals surface area contributed by atoms with Crippen LogP contribution in [-0.2, 0) is 9.59 Å². The second-order valence-electron chi connectivity index (χ2n) is 7.37. The summed E-state index contributed by atoms with van der Waals surface area (Å²) in [4.78, 5) is 26.4. The van der Waals surface area contributed by atoms with Gasteiger partial charge < -0.3 is 10.2 Å². The van der Waals surface area contributed by atoms with Crippen LogP contribution in [0.4, 0.5) is 0 Å². The highest BCUT2D eigenvalue weighted by atomic mass is 16.2. The van der Waals surface area contributed by atoms with Crippen LogP contribution in [0.1, 0.15) is 63.6 Å². The smallest absolute Gasteiger partial charge is 0.225 e. The van der Waals surface area contributed by atoms with Crippen molar-refractivity contribution in [2.45, 2.75) is 65.5 Å². The lowest BCUT2D eigenvalue weighted by Crippen LogP contribution is -2.38. The highest BCUT2D eigenvalue weighted by Crippen LogP contribution is 2.29. The molecule has 132 valence electrons. The van der Waals surface area contributed by atoms with Crippen molar-refractivity contribution in [2.24, 2.45) is 5.92 Å². The van der Waals surface area contributed by atoms with Gasteiger partial charge in [0.15, 0.2) is 0 Å². The molecule has 1 unspecified atom stereocenters. The molecule has 1 aromatic rings. The van der Waals surface area contributed by atoms with E-state index in [1.807, 2.05) is 36.1 Å². The van der Waals surface area contributed by atoms with Crippen LogP contribution in [0.2, 0.25) is 0 Å². The van der Waals surface area contributed by atoms with Gasteiger partial charge in [0.25, 0.3) is 0 Å². The fourth-order valence-electron chi connectivity index (χ4n) is 2.88. The highest BCUT2D eigenvalue weighted by molar-refractivity contribution is 5.79. The Balaban J connectivity index is 2.07. The third kappa shape index (κ3) is 5.66. The predicted molar refractivity (Wildman–Crippen MR) is 96.5 cm³/mol. The average molecular weight is 330 g/mol. The first-order chi connectivity index (χ1) is 11.4. The quantitative estimate of drug-likeness (QED) is 0.792. The molecule has 0 aromatic heterocycles. The number of rotatable bonds is 8. The van der Waals surface area contributed by atoms with Gasteiger partial charge in [-0.1, -0.05) is 43.7 Å². The van der Waals surface area contributed by atoms with Gasteiger partial charge in [-0.25, -0.2) is 0 Å². The lowest BCUT2D eigenvalue weighted by atomic mass is 10.0. The Kier molecular flexibility index (Phi) is 6.41. The van der Waals surface area contributed by atoms with Crippen molar-refractivity contribution in [2.75, 3.05) is 6.54 Å². The minimum absolute atomic E-state index is 0.103. The van der Waals surface area contributed by atoms with E-state index in [-0.39, 0.29) is 17.9 Å². The molecule has 1 saturated carbocycles. The number of hydrogen-bond acceptors (Lipinski definition) is 2. The number of aryl methyl sites for hydroxylation is 1. The molecule has 2 amide bonds. The Morgan fingerprint density at radius 1 is 1.21 bits per heavy atom. The third-order valence-corrected chi connectivity index (χ3v) is 4.49. The maximum Gasteiger partial charge on any atom is 0.225 e. The number of nitrogens with zero attached hydrogens (tertiary/aromatic N) is 1. The van der Waals surface area contributed by atoms with Crippen molar-refractivity contribution in [3.05, 3.63) is 35.4 Å². The first kappa shape index (κ1) is 18.5. The summed E-state index contributed by atoms with van der Waals surface area (Å²) in [7, 11) is 0. The number of hydrogen-bond donors (Lipinski definition) is 1. The Bertz CT molecular complexity index is 562. The standard InChI is InChI=1S/C20H30N2O2/c1-14(2)11-12-22(18-9-10-18)20(24)13-19(21-16(4)23)17-7-5-15(3)6-8-17/h5-8,14,18-19H,9-13H2,1-4H3,(H,21,23). The van der Waals surface area contributed by atoms with Gasteiger partial charge in [0, 0.05) is 19.5 Å². The maximum atomic E-state index is 12.8. The van der Waals surface area contributed by atoms with E-state index in [0.717, 1.165) is 31.4 Å². The summed E-state index contributed by atoms with van der Waals surface area (Å²) in [5, 5.41) is 2.94. The second-order valence-corrected chi connectivity index (χ2v) is 7.37. The molecule has 1 fully saturated rings. The van der Waals surface area contributed by atoms with Gasteiger partial charge >= 0.3 is 0 Å². The Hall–Kier alpha value is -1.84. The van der Waals surface area contributed by atoms with Crippen molar-refractivity contribution >= 4 is 11.8 Å². The van der Waals surface area contributed by atoms with Crippen LogP contribution in [0, 0.1) is 12.8 Å². The van der Waals surface area contributed by atoms with Crippen LogP contribution in [0.3, 0.4) is 0 Å².